The first-order valence-corrected chi connectivity index (χ1v) is 6.14. The number of halogens is 3. The summed E-state index contributed by atoms with van der Waals surface area (Å²) < 4.78 is 41.4. The maximum Gasteiger partial charge on any atom is 0.573 e. The average Bonchev–Trinajstić information content (AvgIpc) is 2.39. The van der Waals surface area contributed by atoms with E-state index in [0.717, 1.165) is 5.56 Å². The fraction of sp³-hybridized carbons (Fsp3) is 0.200. The maximum atomic E-state index is 12.4. The first-order chi connectivity index (χ1) is 9.51. The summed E-state index contributed by atoms with van der Waals surface area (Å²) in [5, 5.41) is 0. The summed E-state index contributed by atoms with van der Waals surface area (Å²) in [6.07, 6.45) is -4.12. The van der Waals surface area contributed by atoms with Crippen molar-refractivity contribution in [2.24, 2.45) is 5.73 Å². The van der Waals surface area contributed by atoms with Gasteiger partial charge in [-0.3, -0.25) is 0 Å². The lowest BCUT2D eigenvalue weighted by Crippen LogP contribution is -2.17. The van der Waals surface area contributed by atoms with E-state index in [9.17, 15) is 13.2 Å². The number of para-hydroxylation sites is 1. The van der Waals surface area contributed by atoms with Crippen LogP contribution in [-0.2, 0) is 6.42 Å². The molecule has 106 valence electrons. The maximum absolute atomic E-state index is 12.4. The van der Waals surface area contributed by atoms with Crippen LogP contribution < -0.4 is 10.5 Å². The Hall–Kier alpha value is -2.01. The Labute approximate surface area is 115 Å². The van der Waals surface area contributed by atoms with Crippen LogP contribution in [0.25, 0.3) is 11.1 Å². The molecule has 0 bridgehead atoms. The van der Waals surface area contributed by atoms with E-state index in [1.807, 2.05) is 12.1 Å². The van der Waals surface area contributed by atoms with Gasteiger partial charge in [0.05, 0.1) is 0 Å². The Kier molecular flexibility index (Phi) is 4.29. The van der Waals surface area contributed by atoms with Crippen LogP contribution in [0.1, 0.15) is 5.56 Å². The van der Waals surface area contributed by atoms with Gasteiger partial charge in [-0.05, 0) is 30.2 Å². The normalized spacial score (nSPS) is 11.4. The van der Waals surface area contributed by atoms with Gasteiger partial charge in [-0.25, -0.2) is 0 Å². The molecule has 2 aromatic rings. The summed E-state index contributed by atoms with van der Waals surface area (Å²) in [7, 11) is 0. The second kappa shape index (κ2) is 5.96. The van der Waals surface area contributed by atoms with Crippen LogP contribution in [0.2, 0.25) is 0 Å². The van der Waals surface area contributed by atoms with Gasteiger partial charge in [0.25, 0.3) is 0 Å². The van der Waals surface area contributed by atoms with E-state index < -0.39 is 6.36 Å². The minimum atomic E-state index is -4.71. The van der Waals surface area contributed by atoms with Gasteiger partial charge in [0.2, 0.25) is 0 Å². The van der Waals surface area contributed by atoms with Gasteiger partial charge >= 0.3 is 6.36 Å². The van der Waals surface area contributed by atoms with Crippen molar-refractivity contribution < 1.29 is 17.9 Å². The smallest absolute Gasteiger partial charge is 0.405 e. The molecule has 2 N–H and O–H groups in total. The van der Waals surface area contributed by atoms with Gasteiger partial charge in [0.15, 0.2) is 0 Å². The Morgan fingerprint density at radius 1 is 0.900 bits per heavy atom. The quantitative estimate of drug-likeness (QED) is 0.926. The van der Waals surface area contributed by atoms with Gasteiger partial charge < -0.3 is 10.5 Å². The third kappa shape index (κ3) is 3.51. The molecular weight excluding hydrogens is 267 g/mol. The van der Waals surface area contributed by atoms with Crippen molar-refractivity contribution in [3.05, 3.63) is 54.1 Å². The molecule has 0 atom stereocenters. The highest BCUT2D eigenvalue weighted by Crippen LogP contribution is 2.35. The third-order valence-corrected chi connectivity index (χ3v) is 2.83. The van der Waals surface area contributed by atoms with Crippen molar-refractivity contribution in [1.29, 1.82) is 0 Å². The van der Waals surface area contributed by atoms with Crippen LogP contribution in [0.4, 0.5) is 13.2 Å². The summed E-state index contributed by atoms with van der Waals surface area (Å²) in [6, 6.07) is 13.3. The van der Waals surface area contributed by atoms with E-state index >= 15 is 0 Å². The Morgan fingerprint density at radius 2 is 1.50 bits per heavy atom. The molecule has 2 aromatic carbocycles. The largest absolute Gasteiger partial charge is 0.573 e. The predicted octanol–water partition coefficient (Wildman–Crippen LogP) is 3.75. The number of benzene rings is 2. The van der Waals surface area contributed by atoms with Crippen LogP contribution in [0, 0.1) is 0 Å². The first-order valence-electron chi connectivity index (χ1n) is 6.14. The van der Waals surface area contributed by atoms with Crippen molar-refractivity contribution in [3.63, 3.8) is 0 Å². The summed E-state index contributed by atoms with van der Waals surface area (Å²) >= 11 is 0. The second-order valence-corrected chi connectivity index (χ2v) is 4.24. The second-order valence-electron chi connectivity index (χ2n) is 4.24. The SMILES string of the molecule is NCCc1ccccc1-c1ccccc1OC(F)(F)F. The van der Waals surface area contributed by atoms with Crippen LogP contribution in [0.3, 0.4) is 0 Å². The molecule has 0 aliphatic rings. The number of nitrogens with two attached hydrogens (primary N) is 1. The molecule has 2 rings (SSSR count). The molecule has 0 unspecified atom stereocenters. The molecule has 0 radical (unpaired) electrons. The molecule has 0 amide bonds. The lowest BCUT2D eigenvalue weighted by molar-refractivity contribution is -0.274. The highest BCUT2D eigenvalue weighted by molar-refractivity contribution is 5.73. The first kappa shape index (κ1) is 14.4. The summed E-state index contributed by atoms with van der Waals surface area (Å²) in [5.74, 6) is -0.204. The Morgan fingerprint density at radius 3 is 2.15 bits per heavy atom. The van der Waals surface area contributed by atoms with E-state index in [4.69, 9.17) is 5.73 Å². The van der Waals surface area contributed by atoms with E-state index in [2.05, 4.69) is 4.74 Å². The van der Waals surface area contributed by atoms with Gasteiger partial charge in [-0.2, -0.15) is 0 Å². The molecule has 0 saturated carbocycles. The summed E-state index contributed by atoms with van der Waals surface area (Å²) in [4.78, 5) is 0. The molecule has 0 aromatic heterocycles. The number of alkyl halides is 3. The molecule has 0 spiro atoms. The van der Waals surface area contributed by atoms with E-state index in [1.165, 1.54) is 12.1 Å². The van der Waals surface area contributed by atoms with E-state index in [1.54, 1.807) is 24.3 Å². The minimum absolute atomic E-state index is 0.204. The van der Waals surface area contributed by atoms with Crippen LogP contribution >= 0.6 is 0 Å². The zero-order valence-electron chi connectivity index (χ0n) is 10.7. The molecule has 0 saturated heterocycles. The fourth-order valence-corrected chi connectivity index (χ4v) is 2.06. The standard InChI is InChI=1S/C15H14F3NO/c16-15(17,18)20-14-8-4-3-7-13(14)12-6-2-1-5-11(12)9-10-19/h1-8H,9-10,19H2. The van der Waals surface area contributed by atoms with Crippen molar-refractivity contribution in [2.75, 3.05) is 6.54 Å². The van der Waals surface area contributed by atoms with Crippen LogP contribution in [0.15, 0.2) is 48.5 Å². The fourth-order valence-electron chi connectivity index (χ4n) is 2.06. The third-order valence-electron chi connectivity index (χ3n) is 2.83. The highest BCUT2D eigenvalue weighted by atomic mass is 19.4. The Bertz CT molecular complexity index is 581. The molecular formula is C15H14F3NO. The Balaban J connectivity index is 2.48. The number of ether oxygens (including phenoxy) is 1. The zero-order chi connectivity index (χ0) is 14.6. The van der Waals surface area contributed by atoms with Crippen molar-refractivity contribution in [3.8, 4) is 16.9 Å². The van der Waals surface area contributed by atoms with Gasteiger partial charge in [0, 0.05) is 5.56 Å². The topological polar surface area (TPSA) is 35.2 Å². The lowest BCUT2D eigenvalue weighted by atomic mass is 9.97. The van der Waals surface area contributed by atoms with Crippen molar-refractivity contribution >= 4 is 0 Å². The number of hydrogen-bond acceptors (Lipinski definition) is 2. The van der Waals surface area contributed by atoms with Crippen LogP contribution in [-0.4, -0.2) is 12.9 Å². The van der Waals surface area contributed by atoms with Crippen LogP contribution in [0.5, 0.6) is 5.75 Å². The lowest BCUT2D eigenvalue weighted by Gasteiger charge is -2.15. The van der Waals surface area contributed by atoms with Gasteiger partial charge in [-0.15, -0.1) is 13.2 Å². The van der Waals surface area contributed by atoms with E-state index in [-0.39, 0.29) is 5.75 Å². The number of hydrogen-bond donors (Lipinski definition) is 1. The minimum Gasteiger partial charge on any atom is -0.405 e. The monoisotopic (exact) mass is 281 g/mol. The molecule has 2 nitrogen and oxygen atoms in total. The molecule has 20 heavy (non-hydrogen) atoms. The molecule has 0 aliphatic carbocycles. The zero-order valence-corrected chi connectivity index (χ0v) is 10.7. The molecule has 5 heteroatoms. The molecule has 0 heterocycles. The van der Waals surface area contributed by atoms with E-state index in [0.29, 0.717) is 24.1 Å². The highest BCUT2D eigenvalue weighted by Gasteiger charge is 2.32. The number of rotatable bonds is 4. The summed E-state index contributed by atoms with van der Waals surface area (Å²) in [6.45, 7) is 0.430. The molecule has 0 fully saturated rings. The van der Waals surface area contributed by atoms with Crippen molar-refractivity contribution in [1.82, 2.24) is 0 Å². The van der Waals surface area contributed by atoms with Gasteiger partial charge in [0.1, 0.15) is 5.75 Å². The summed E-state index contributed by atoms with van der Waals surface area (Å²) in [5.41, 5.74) is 7.55. The average molecular weight is 281 g/mol. The molecule has 0 aliphatic heterocycles. The van der Waals surface area contributed by atoms with Gasteiger partial charge in [-0.1, -0.05) is 42.5 Å². The predicted molar refractivity (Wildman–Crippen MR) is 71.3 cm³/mol. The van der Waals surface area contributed by atoms with Crippen molar-refractivity contribution in [2.45, 2.75) is 12.8 Å².